The first-order chi connectivity index (χ1) is 23.6. The lowest BCUT2D eigenvalue weighted by Crippen LogP contribution is -2.49. The molecule has 1 atom stereocenters. The smallest absolute Gasteiger partial charge is 0.253 e. The molecule has 0 saturated carbocycles. The monoisotopic (exact) mass is 692 g/mol. The second kappa shape index (κ2) is 12.2. The van der Waals surface area contributed by atoms with Gasteiger partial charge in [-0.05, 0) is 33.0 Å². The number of benzene rings is 2. The minimum atomic E-state index is -0.832. The van der Waals surface area contributed by atoms with Crippen molar-refractivity contribution in [2.45, 2.75) is 37.9 Å². The van der Waals surface area contributed by atoms with Crippen LogP contribution >= 0.6 is 11.8 Å². The molecular formula is C34H35F3N8O3S. The Kier molecular flexibility index (Phi) is 7.95. The summed E-state index contributed by atoms with van der Waals surface area (Å²) in [7, 11) is 2.04. The molecule has 0 radical (unpaired) electrons. The zero-order valence-electron chi connectivity index (χ0n) is 27.4. The van der Waals surface area contributed by atoms with Crippen molar-refractivity contribution >= 4 is 44.9 Å². The van der Waals surface area contributed by atoms with Gasteiger partial charge in [-0.15, -0.1) is 22.0 Å². The van der Waals surface area contributed by atoms with Crippen molar-refractivity contribution < 1.29 is 17.6 Å². The van der Waals surface area contributed by atoms with Crippen molar-refractivity contribution in [3.05, 3.63) is 62.4 Å². The standard InChI is InChI=1S/C34H35F3N8O3S/c1-4-42-16-21(30(46)19-13-23(35)28(25(37)26(19)42)44-6-5-38-18(2)15-44)33-39-40-34(48-33)22-17-45-11-12-49-32-27(45)20(31(22)47)14-24(36)29(32)43-9-7-41(3)8-10-43/h13-14,16-18,38H,4-12,15H2,1-3H3. The Labute approximate surface area is 283 Å². The van der Waals surface area contributed by atoms with Gasteiger partial charge < -0.3 is 33.6 Å². The second-order valence-electron chi connectivity index (χ2n) is 12.9. The molecule has 8 rings (SSSR count). The topological polar surface area (TPSA) is 105 Å². The number of likely N-dealkylation sites (N-methyl/N-ethyl adjacent to an activating group) is 1. The summed E-state index contributed by atoms with van der Waals surface area (Å²) in [6, 6.07) is 2.40. The van der Waals surface area contributed by atoms with Gasteiger partial charge in [0.25, 0.3) is 11.8 Å². The van der Waals surface area contributed by atoms with Gasteiger partial charge in [0.05, 0.1) is 32.4 Å². The van der Waals surface area contributed by atoms with E-state index in [2.05, 4.69) is 20.4 Å². The van der Waals surface area contributed by atoms with E-state index in [1.807, 2.05) is 23.4 Å². The number of halogens is 3. The number of piperazine rings is 2. The van der Waals surface area contributed by atoms with Crippen LogP contribution < -0.4 is 26.0 Å². The number of hydrogen-bond acceptors (Lipinski definition) is 10. The molecule has 2 fully saturated rings. The average Bonchev–Trinajstić information content (AvgIpc) is 3.57. The minimum Gasteiger partial charge on any atom is -0.416 e. The number of nitrogens with one attached hydrogen (secondary N) is 1. The summed E-state index contributed by atoms with van der Waals surface area (Å²) in [6.07, 6.45) is 3.06. The fourth-order valence-corrected chi connectivity index (χ4v) is 8.49. The van der Waals surface area contributed by atoms with Gasteiger partial charge in [0.1, 0.15) is 28.4 Å². The highest BCUT2D eigenvalue weighted by atomic mass is 32.2. The molecule has 6 heterocycles. The Morgan fingerprint density at radius 3 is 2.20 bits per heavy atom. The summed E-state index contributed by atoms with van der Waals surface area (Å²) >= 11 is 1.54. The van der Waals surface area contributed by atoms with Crippen LogP contribution in [0.15, 0.2) is 43.4 Å². The van der Waals surface area contributed by atoms with Gasteiger partial charge in [-0.2, -0.15) is 0 Å². The van der Waals surface area contributed by atoms with Crippen LogP contribution in [-0.4, -0.2) is 88.9 Å². The van der Waals surface area contributed by atoms with E-state index in [4.69, 9.17) is 4.42 Å². The molecule has 15 heteroatoms. The number of fused-ring (bicyclic) bond motifs is 1. The third-order valence-corrected chi connectivity index (χ3v) is 10.8. The molecule has 5 aromatic rings. The Morgan fingerprint density at radius 1 is 0.878 bits per heavy atom. The number of hydrogen-bond donors (Lipinski definition) is 1. The molecule has 1 unspecified atom stereocenters. The van der Waals surface area contributed by atoms with Gasteiger partial charge >= 0.3 is 0 Å². The van der Waals surface area contributed by atoms with Crippen LogP contribution in [0, 0.1) is 17.5 Å². The van der Waals surface area contributed by atoms with E-state index in [1.165, 1.54) is 16.8 Å². The molecule has 0 amide bonds. The normalized spacial score (nSPS) is 18.6. The quantitative estimate of drug-likeness (QED) is 0.289. The van der Waals surface area contributed by atoms with E-state index in [0.717, 1.165) is 24.1 Å². The third kappa shape index (κ3) is 5.20. The van der Waals surface area contributed by atoms with Gasteiger partial charge in [-0.1, -0.05) is 0 Å². The Bertz CT molecular complexity index is 2260. The number of aryl methyl sites for hydroxylation is 2. The van der Waals surface area contributed by atoms with E-state index < -0.39 is 28.3 Å². The zero-order chi connectivity index (χ0) is 34.1. The summed E-state index contributed by atoms with van der Waals surface area (Å²) < 4.78 is 56.9. The summed E-state index contributed by atoms with van der Waals surface area (Å²) in [5.74, 6) is -1.76. The highest BCUT2D eigenvalue weighted by molar-refractivity contribution is 7.99. The van der Waals surface area contributed by atoms with Gasteiger partial charge in [0, 0.05) is 83.1 Å². The molecule has 3 aliphatic rings. The SMILES string of the molecule is CCn1cc(-c2nnc(-c3cn4c5c(c(N6CCN(C)CC6)c(F)cc5c3=O)SCC4)o2)c(=O)c2cc(F)c(N3CCNC(C)C3)c(F)c21. The molecule has 1 N–H and O–H groups in total. The minimum absolute atomic E-state index is 0.0166. The van der Waals surface area contributed by atoms with Gasteiger partial charge in [-0.3, -0.25) is 9.59 Å². The molecule has 256 valence electrons. The van der Waals surface area contributed by atoms with Crippen LogP contribution in [0.3, 0.4) is 0 Å². The fourth-order valence-electron chi connectivity index (χ4n) is 7.27. The van der Waals surface area contributed by atoms with Crippen molar-refractivity contribution in [3.63, 3.8) is 0 Å². The molecule has 2 saturated heterocycles. The largest absolute Gasteiger partial charge is 0.416 e. The Morgan fingerprint density at radius 2 is 1.53 bits per heavy atom. The molecule has 49 heavy (non-hydrogen) atoms. The predicted molar refractivity (Wildman–Crippen MR) is 184 cm³/mol. The van der Waals surface area contributed by atoms with E-state index >= 15 is 13.2 Å². The zero-order valence-corrected chi connectivity index (χ0v) is 28.2. The lowest BCUT2D eigenvalue weighted by atomic mass is 10.1. The highest BCUT2D eigenvalue weighted by Gasteiger charge is 2.30. The maximum atomic E-state index is 16.1. The molecular weight excluding hydrogens is 657 g/mol. The number of pyridine rings is 2. The first-order valence-electron chi connectivity index (χ1n) is 16.5. The Balaban J connectivity index is 1.22. The van der Waals surface area contributed by atoms with Crippen molar-refractivity contribution in [1.29, 1.82) is 0 Å². The average molecular weight is 693 g/mol. The Hall–Kier alpha value is -4.34. The molecule has 0 aliphatic carbocycles. The van der Waals surface area contributed by atoms with Crippen molar-refractivity contribution in [3.8, 4) is 22.9 Å². The van der Waals surface area contributed by atoms with E-state index in [-0.39, 0.29) is 57.5 Å². The summed E-state index contributed by atoms with van der Waals surface area (Å²) in [5, 5.41) is 11.5. The second-order valence-corrected chi connectivity index (χ2v) is 14.0. The van der Waals surface area contributed by atoms with Crippen LogP contribution in [0.2, 0.25) is 0 Å². The predicted octanol–water partition coefficient (Wildman–Crippen LogP) is 4.13. The summed E-state index contributed by atoms with van der Waals surface area (Å²) in [4.78, 5) is 34.3. The van der Waals surface area contributed by atoms with Gasteiger partial charge in [-0.25, -0.2) is 13.2 Å². The molecule has 0 bridgehead atoms. The number of thioether (sulfide) groups is 1. The molecule has 3 aromatic heterocycles. The van der Waals surface area contributed by atoms with Crippen LogP contribution in [0.1, 0.15) is 13.8 Å². The number of nitrogens with zero attached hydrogens (tertiary/aromatic N) is 7. The summed E-state index contributed by atoms with van der Waals surface area (Å²) in [5.41, 5.74) is -0.132. The molecule has 0 spiro atoms. The van der Waals surface area contributed by atoms with Crippen LogP contribution in [-0.2, 0) is 13.1 Å². The van der Waals surface area contributed by atoms with Gasteiger partial charge in [0.15, 0.2) is 5.82 Å². The first kappa shape index (κ1) is 31.9. The fraction of sp³-hybridized carbons (Fsp3) is 0.412. The van der Waals surface area contributed by atoms with Crippen molar-refractivity contribution in [2.75, 3.05) is 68.4 Å². The molecule has 3 aliphatic heterocycles. The lowest BCUT2D eigenvalue weighted by molar-refractivity contribution is 0.311. The summed E-state index contributed by atoms with van der Waals surface area (Å²) in [6.45, 7) is 8.98. The van der Waals surface area contributed by atoms with Crippen LogP contribution in [0.4, 0.5) is 24.5 Å². The van der Waals surface area contributed by atoms with E-state index in [1.54, 1.807) is 29.8 Å². The van der Waals surface area contributed by atoms with E-state index in [9.17, 15) is 9.59 Å². The lowest BCUT2D eigenvalue weighted by Gasteiger charge is -2.36. The first-order valence-corrected chi connectivity index (χ1v) is 17.5. The highest BCUT2D eigenvalue weighted by Crippen LogP contribution is 2.42. The van der Waals surface area contributed by atoms with Crippen molar-refractivity contribution in [2.24, 2.45) is 0 Å². The molecule has 2 aromatic carbocycles. The number of rotatable bonds is 5. The maximum absolute atomic E-state index is 16.1. The van der Waals surface area contributed by atoms with Crippen LogP contribution in [0.25, 0.3) is 44.7 Å². The molecule has 11 nitrogen and oxygen atoms in total. The van der Waals surface area contributed by atoms with Crippen molar-refractivity contribution in [1.82, 2.24) is 29.5 Å². The number of anilines is 2. The third-order valence-electron chi connectivity index (χ3n) is 9.78. The maximum Gasteiger partial charge on any atom is 0.253 e. The van der Waals surface area contributed by atoms with E-state index in [0.29, 0.717) is 56.2 Å². The number of aromatic nitrogens is 4. The van der Waals surface area contributed by atoms with Gasteiger partial charge in [0.2, 0.25) is 10.9 Å². The van der Waals surface area contributed by atoms with Crippen LogP contribution in [0.5, 0.6) is 0 Å².